The summed E-state index contributed by atoms with van der Waals surface area (Å²) in [5.41, 5.74) is 19.4. The Morgan fingerprint density at radius 2 is 0.936 bits per heavy atom. The van der Waals surface area contributed by atoms with Crippen molar-refractivity contribution in [2.45, 2.75) is 117 Å². The van der Waals surface area contributed by atoms with Gasteiger partial charge in [-0.2, -0.15) is 15.3 Å². The van der Waals surface area contributed by atoms with Crippen molar-refractivity contribution >= 4 is 106 Å². The molecule has 7 aromatic rings. The Morgan fingerprint density at radius 3 is 1.39 bits per heavy atom. The first-order valence-corrected chi connectivity index (χ1v) is 39.1. The molecule has 3 saturated heterocycles. The zero-order chi connectivity index (χ0) is 76.6. The van der Waals surface area contributed by atoms with E-state index in [2.05, 4.69) is 33.6 Å². The van der Waals surface area contributed by atoms with E-state index in [-0.39, 0.29) is 60.9 Å². The van der Waals surface area contributed by atoms with Gasteiger partial charge in [0.25, 0.3) is 17.7 Å². The van der Waals surface area contributed by atoms with Gasteiger partial charge in [0.05, 0.1) is 87.4 Å². The maximum absolute atomic E-state index is 13.9. The number of urea groups is 1. The van der Waals surface area contributed by atoms with E-state index in [1.165, 1.54) is 59.2 Å². The van der Waals surface area contributed by atoms with Crippen LogP contribution in [-0.2, 0) is 42.1 Å². The van der Waals surface area contributed by atoms with Gasteiger partial charge in [0.1, 0.15) is 11.5 Å². The molecular weight excluding hydrogens is 1470 g/mol. The third-order valence-corrected chi connectivity index (χ3v) is 22.8. The van der Waals surface area contributed by atoms with Gasteiger partial charge < -0.3 is 34.1 Å². The summed E-state index contributed by atoms with van der Waals surface area (Å²) in [4.78, 5) is 83.3. The summed E-state index contributed by atoms with van der Waals surface area (Å²) in [6.07, 6.45) is 16.6. The van der Waals surface area contributed by atoms with Gasteiger partial charge in [0.15, 0.2) is 17.1 Å². The van der Waals surface area contributed by atoms with Crippen molar-refractivity contribution in [2.75, 3.05) is 93.9 Å². The first-order chi connectivity index (χ1) is 52.8. The summed E-state index contributed by atoms with van der Waals surface area (Å²) in [5, 5.41) is 25.0. The number of hydrazine groups is 3. The van der Waals surface area contributed by atoms with Crippen molar-refractivity contribution in [3.8, 4) is 22.9 Å². The monoisotopic (exact) mass is 1570 g/mol. The van der Waals surface area contributed by atoms with Gasteiger partial charge in [-0.3, -0.25) is 40.2 Å². The fourth-order valence-corrected chi connectivity index (χ4v) is 17.3. The standard InChI is InChI=1S/C31H34Cl2N6O3.C30H31Cl2N5O4.C18H29N5O3/c1-3-34-31(41)37-15-22(13-19-7-10-24(42-2)11-8-19)29-25(18-37)28(35-39(29)27-12-9-23(32)14-26(27)33)30(40)36-38-16-20-5-4-6-21(20)17-38;1-40-23-9-6-18(7-10-23)12-21-14-35(30(39)41-2)17-24-27(29(38)34-36-15-19-4-3-5-20(19)16-36)33-37(28(21)24)26-11-8-22(31)13-25(26)32;1-3-4-11-23-15-8-12-21(18(25)26-2)13-14(15)16(19-23)17(24)20-22-9-6-5-7-10-22/h7-14,20-21H,3-6,15-18H2,1-2H3,(H,34,41)(H,36,40);6-13,19-20H,3-5,14-17H2,1-2H3,(H,34,38);3-13H2,1-2H3,(H,20,24)/b22-13+;21-12+;. The lowest BCUT2D eigenvalue weighted by molar-refractivity contribution is 0.0738. The molecule has 6 aliphatic heterocycles. The molecule has 0 bridgehead atoms. The summed E-state index contributed by atoms with van der Waals surface area (Å²) in [5.74, 6) is 3.16. The van der Waals surface area contributed by atoms with Gasteiger partial charge in [0, 0.05) is 104 Å². The average Bonchev–Trinajstić information content (AvgIpc) is 1.61. The van der Waals surface area contributed by atoms with Crippen LogP contribution in [0.3, 0.4) is 0 Å². The lowest BCUT2D eigenvalue weighted by Gasteiger charge is -2.30. The summed E-state index contributed by atoms with van der Waals surface area (Å²) >= 11 is 25.8. The molecule has 109 heavy (non-hydrogen) atoms. The van der Waals surface area contributed by atoms with E-state index in [0.717, 1.165) is 122 Å². The number of aryl methyl sites for hydroxylation is 1. The van der Waals surface area contributed by atoms with Crippen molar-refractivity contribution in [3.63, 3.8) is 0 Å². The molecule has 4 unspecified atom stereocenters. The molecule has 4 N–H and O–H groups in total. The highest BCUT2D eigenvalue weighted by molar-refractivity contribution is 6.36. The van der Waals surface area contributed by atoms with Gasteiger partial charge in [-0.05, 0) is 171 Å². The number of carbonyl (C=O) groups excluding carboxylic acids is 6. The predicted molar refractivity (Wildman–Crippen MR) is 417 cm³/mol. The van der Waals surface area contributed by atoms with Crippen LogP contribution in [0.1, 0.15) is 161 Å². The number of aromatic nitrogens is 6. The number of halogens is 4. The van der Waals surface area contributed by atoms with Crippen LogP contribution >= 0.6 is 46.4 Å². The zero-order valence-electron chi connectivity index (χ0n) is 62.4. The van der Waals surface area contributed by atoms with Crippen LogP contribution in [0, 0.1) is 23.7 Å². The molecule has 3 aromatic heterocycles. The Labute approximate surface area is 654 Å². The molecular formula is C79H94Cl4N16O10. The average molecular weight is 1570 g/mol. The maximum atomic E-state index is 13.9. The number of methoxy groups -OCH3 is 4. The number of amides is 7. The molecule has 30 heteroatoms. The molecule has 578 valence electrons. The van der Waals surface area contributed by atoms with E-state index in [4.69, 9.17) is 75.5 Å². The summed E-state index contributed by atoms with van der Waals surface area (Å²) in [6, 6.07) is 25.4. The Kier molecular flexibility index (Phi) is 25.2. The molecule has 4 aromatic carbocycles. The van der Waals surface area contributed by atoms with Crippen LogP contribution in [0.25, 0.3) is 34.7 Å². The van der Waals surface area contributed by atoms with Gasteiger partial charge in [-0.15, -0.1) is 0 Å². The Bertz CT molecular complexity index is 4550. The molecule has 0 radical (unpaired) electrons. The number of carbonyl (C=O) groups is 6. The van der Waals surface area contributed by atoms with E-state index in [9.17, 15) is 28.8 Å². The zero-order valence-corrected chi connectivity index (χ0v) is 65.4. The molecule has 4 atom stereocenters. The molecule has 2 aliphatic carbocycles. The largest absolute Gasteiger partial charge is 0.497 e. The highest BCUT2D eigenvalue weighted by atomic mass is 35.5. The maximum Gasteiger partial charge on any atom is 0.410 e. The first-order valence-electron chi connectivity index (χ1n) is 37.6. The topological polar surface area (TPSA) is 260 Å². The molecule has 5 fully saturated rings. The second-order valence-electron chi connectivity index (χ2n) is 28.8. The number of hydrogen-bond acceptors (Lipinski definition) is 16. The van der Waals surface area contributed by atoms with Crippen molar-refractivity contribution in [3.05, 3.63) is 167 Å². The van der Waals surface area contributed by atoms with Crippen molar-refractivity contribution < 1.29 is 47.7 Å². The van der Waals surface area contributed by atoms with E-state index in [1.807, 2.05) is 87.3 Å². The van der Waals surface area contributed by atoms with Crippen LogP contribution < -0.4 is 31.1 Å². The molecule has 8 aliphatic rings. The minimum Gasteiger partial charge on any atom is -0.497 e. The Morgan fingerprint density at radius 1 is 0.495 bits per heavy atom. The van der Waals surface area contributed by atoms with Crippen LogP contribution in [0.15, 0.2) is 84.9 Å². The number of fused-ring (bicyclic) bond motifs is 5. The van der Waals surface area contributed by atoms with Gasteiger partial charge in [-0.25, -0.2) is 38.8 Å². The summed E-state index contributed by atoms with van der Waals surface area (Å²) < 4.78 is 25.9. The van der Waals surface area contributed by atoms with Crippen molar-refractivity contribution in [1.29, 1.82) is 0 Å². The predicted octanol–water partition coefficient (Wildman–Crippen LogP) is 13.3. The summed E-state index contributed by atoms with van der Waals surface area (Å²) in [6.45, 7) is 12.3. The smallest absolute Gasteiger partial charge is 0.410 e. The number of nitrogens with one attached hydrogen (secondary N) is 4. The Balaban J connectivity index is 0.000000148. The fourth-order valence-electron chi connectivity index (χ4n) is 16.3. The molecule has 0 spiro atoms. The fraction of sp³-hybridized carbons (Fsp3) is 0.456. The number of rotatable bonds is 16. The highest BCUT2D eigenvalue weighted by Gasteiger charge is 2.42. The van der Waals surface area contributed by atoms with Crippen molar-refractivity contribution in [1.82, 2.24) is 80.7 Å². The number of nitrogens with zero attached hydrogens (tertiary/aromatic N) is 12. The molecule has 9 heterocycles. The number of piperidine rings is 1. The molecule has 7 amide bonds. The van der Waals surface area contributed by atoms with Crippen LogP contribution in [0.4, 0.5) is 14.4 Å². The highest BCUT2D eigenvalue weighted by Crippen LogP contribution is 2.42. The molecule has 26 nitrogen and oxygen atoms in total. The minimum atomic E-state index is -0.493. The van der Waals surface area contributed by atoms with Gasteiger partial charge >= 0.3 is 18.2 Å². The van der Waals surface area contributed by atoms with Crippen LogP contribution in [0.5, 0.6) is 11.5 Å². The Hall–Kier alpha value is -9.15. The van der Waals surface area contributed by atoms with E-state index < -0.39 is 6.09 Å². The normalized spacial score (nSPS) is 20.2. The van der Waals surface area contributed by atoms with Crippen LogP contribution in [-0.4, -0.2) is 189 Å². The quantitative estimate of drug-likeness (QED) is 0.0701. The van der Waals surface area contributed by atoms with E-state index in [0.29, 0.717) is 110 Å². The van der Waals surface area contributed by atoms with Crippen LogP contribution in [0.2, 0.25) is 20.1 Å². The second-order valence-corrected chi connectivity index (χ2v) is 30.5. The summed E-state index contributed by atoms with van der Waals surface area (Å²) in [7, 11) is 5.97. The van der Waals surface area contributed by atoms with Gasteiger partial charge in [0.2, 0.25) is 0 Å². The second kappa shape index (κ2) is 35.3. The SMILES string of the molecule is CCCCn1nc(C(=O)NN2CCCCC2)c2c1CCN(C(=O)OC)C2.CCNC(=O)N1C/C(=C\c2ccc(OC)cc2)c2c(c(C(=O)NN3CC4CCCC4C3)nn2-c2ccc(Cl)cc2Cl)C1.COC(=O)N1C/C(=C\c2ccc(OC)cc2)c2c(c(C(=O)NN3CC4CCCC4C3)nn2-c2ccc(Cl)cc2Cl)C1. The molecule has 15 rings (SSSR count). The third-order valence-electron chi connectivity index (χ3n) is 21.8. The molecule has 2 saturated carbocycles. The van der Waals surface area contributed by atoms with E-state index in [1.54, 1.807) is 74.7 Å². The number of hydrogen-bond donors (Lipinski definition) is 4. The lowest BCUT2D eigenvalue weighted by atomic mass is 9.97. The minimum absolute atomic E-state index is 0.154. The van der Waals surface area contributed by atoms with Gasteiger partial charge in [-0.1, -0.05) is 103 Å². The third kappa shape index (κ3) is 17.7. The number of benzene rings is 4. The number of ether oxygens (including phenoxy) is 4. The van der Waals surface area contributed by atoms with Crippen molar-refractivity contribution in [2.24, 2.45) is 23.7 Å². The first kappa shape index (κ1) is 78.0. The number of unbranched alkanes of at least 4 members (excludes halogenated alkanes) is 1. The van der Waals surface area contributed by atoms with E-state index >= 15 is 0 Å². The lowest BCUT2D eigenvalue weighted by Crippen LogP contribution is -2.45.